The Kier molecular flexibility index (Phi) is 2.65. The predicted molar refractivity (Wildman–Crippen MR) is 65.7 cm³/mol. The van der Waals surface area contributed by atoms with Crippen LogP contribution in [0.2, 0.25) is 0 Å². The number of amides is 1. The molecule has 0 spiro atoms. The first kappa shape index (κ1) is 12.0. The number of sulfonamides is 1. The Hall–Kier alpha value is -1.06. The molecular weight excluding hydrogens is 276 g/mol. The van der Waals surface area contributed by atoms with Crippen molar-refractivity contribution >= 4 is 32.4 Å². The van der Waals surface area contributed by atoms with Gasteiger partial charge in [-0.1, -0.05) is 11.3 Å². The molecule has 1 saturated heterocycles. The van der Waals surface area contributed by atoms with Gasteiger partial charge in [-0.05, 0) is 12.8 Å². The van der Waals surface area contributed by atoms with Crippen LogP contribution < -0.4 is 10.0 Å². The summed E-state index contributed by atoms with van der Waals surface area (Å²) in [5, 5.41) is 13.6. The maximum Gasteiger partial charge on any atom is 0.230 e. The fourth-order valence-electron chi connectivity index (χ4n) is 1.91. The lowest BCUT2D eigenvalue weighted by Gasteiger charge is -2.10. The minimum absolute atomic E-state index is 0.0722. The SMILES string of the molecule is NS(=O)(=O)C1CC(=O)N(c2nnc(C3CC3)s2)C1. The number of hydrogen-bond acceptors (Lipinski definition) is 6. The highest BCUT2D eigenvalue weighted by Gasteiger charge is 2.39. The lowest BCUT2D eigenvalue weighted by molar-refractivity contribution is -0.117. The lowest BCUT2D eigenvalue weighted by atomic mass is 10.4. The topological polar surface area (TPSA) is 106 Å². The van der Waals surface area contributed by atoms with Gasteiger partial charge in [0.25, 0.3) is 0 Å². The molecule has 1 aromatic heterocycles. The average Bonchev–Trinajstić information content (AvgIpc) is 2.86. The summed E-state index contributed by atoms with van der Waals surface area (Å²) in [7, 11) is -3.68. The molecule has 0 aromatic carbocycles. The van der Waals surface area contributed by atoms with Crippen molar-refractivity contribution in [2.24, 2.45) is 5.14 Å². The number of nitrogens with zero attached hydrogens (tertiary/aromatic N) is 3. The molecular formula is C9H12N4O3S2. The van der Waals surface area contributed by atoms with Gasteiger partial charge >= 0.3 is 0 Å². The van der Waals surface area contributed by atoms with Crippen LogP contribution in [0.25, 0.3) is 0 Å². The average molecular weight is 288 g/mol. The minimum atomic E-state index is -3.68. The molecule has 1 aromatic rings. The largest absolute Gasteiger partial charge is 0.285 e. The van der Waals surface area contributed by atoms with Crippen molar-refractivity contribution in [1.82, 2.24) is 10.2 Å². The Morgan fingerprint density at radius 3 is 2.61 bits per heavy atom. The van der Waals surface area contributed by atoms with Crippen LogP contribution in [0.5, 0.6) is 0 Å². The van der Waals surface area contributed by atoms with E-state index in [2.05, 4.69) is 10.2 Å². The number of hydrogen-bond donors (Lipinski definition) is 1. The van der Waals surface area contributed by atoms with Gasteiger partial charge in [-0.25, -0.2) is 13.6 Å². The standard InChI is InChI=1S/C9H12N4O3S2/c10-18(15,16)6-3-7(14)13(4-6)9-12-11-8(17-9)5-1-2-5/h5-6H,1-4H2,(H2,10,15,16). The molecule has 1 amide bonds. The summed E-state index contributed by atoms with van der Waals surface area (Å²) in [6.45, 7) is 0.0803. The Labute approximate surface area is 108 Å². The molecule has 2 fully saturated rings. The smallest absolute Gasteiger partial charge is 0.230 e. The first-order valence-electron chi connectivity index (χ1n) is 5.60. The zero-order chi connectivity index (χ0) is 12.9. The summed E-state index contributed by atoms with van der Waals surface area (Å²) in [6, 6.07) is 0. The van der Waals surface area contributed by atoms with E-state index < -0.39 is 15.3 Å². The molecule has 0 bridgehead atoms. The molecule has 2 N–H and O–H groups in total. The van der Waals surface area contributed by atoms with E-state index in [1.165, 1.54) is 16.2 Å². The Bertz CT molecular complexity index is 593. The molecule has 7 nitrogen and oxygen atoms in total. The van der Waals surface area contributed by atoms with Gasteiger partial charge in [0.1, 0.15) is 10.3 Å². The molecule has 2 aliphatic rings. The molecule has 3 rings (SSSR count). The first-order valence-corrected chi connectivity index (χ1v) is 8.03. The van der Waals surface area contributed by atoms with Gasteiger partial charge in [-0.3, -0.25) is 9.69 Å². The van der Waals surface area contributed by atoms with E-state index in [1.54, 1.807) is 0 Å². The predicted octanol–water partition coefficient (Wildman–Crippen LogP) is -0.191. The normalized spacial score (nSPS) is 24.8. The van der Waals surface area contributed by atoms with E-state index in [0.717, 1.165) is 17.8 Å². The van der Waals surface area contributed by atoms with Gasteiger partial charge < -0.3 is 0 Å². The van der Waals surface area contributed by atoms with Crippen molar-refractivity contribution in [3.63, 3.8) is 0 Å². The monoisotopic (exact) mass is 288 g/mol. The van der Waals surface area contributed by atoms with Crippen LogP contribution in [0.1, 0.15) is 30.2 Å². The number of aromatic nitrogens is 2. The molecule has 9 heteroatoms. The van der Waals surface area contributed by atoms with Gasteiger partial charge in [-0.15, -0.1) is 10.2 Å². The van der Waals surface area contributed by atoms with Crippen molar-refractivity contribution in [3.05, 3.63) is 5.01 Å². The maximum absolute atomic E-state index is 11.8. The van der Waals surface area contributed by atoms with Crippen LogP contribution in [0.3, 0.4) is 0 Å². The first-order chi connectivity index (χ1) is 8.45. The second kappa shape index (κ2) is 3.97. The molecule has 1 unspecified atom stereocenters. The molecule has 18 heavy (non-hydrogen) atoms. The third kappa shape index (κ3) is 2.13. The highest BCUT2D eigenvalue weighted by molar-refractivity contribution is 7.89. The van der Waals surface area contributed by atoms with Gasteiger partial charge in [0.05, 0.1) is 0 Å². The fraction of sp³-hybridized carbons (Fsp3) is 0.667. The summed E-state index contributed by atoms with van der Waals surface area (Å²) < 4.78 is 22.5. The number of rotatable bonds is 3. The van der Waals surface area contributed by atoms with Crippen LogP contribution in [-0.4, -0.2) is 36.3 Å². The van der Waals surface area contributed by atoms with E-state index >= 15 is 0 Å². The van der Waals surface area contributed by atoms with Crippen molar-refractivity contribution < 1.29 is 13.2 Å². The van der Waals surface area contributed by atoms with Gasteiger partial charge in [0, 0.05) is 18.9 Å². The summed E-state index contributed by atoms with van der Waals surface area (Å²) in [6.07, 6.45) is 2.15. The van der Waals surface area contributed by atoms with Crippen molar-refractivity contribution in [2.45, 2.75) is 30.4 Å². The molecule has 98 valence electrons. The second-order valence-corrected chi connectivity index (χ2v) is 7.45. The van der Waals surface area contributed by atoms with Gasteiger partial charge in [-0.2, -0.15) is 0 Å². The molecule has 1 atom stereocenters. The minimum Gasteiger partial charge on any atom is -0.285 e. The molecule has 1 aliphatic heterocycles. The Balaban J connectivity index is 1.81. The van der Waals surface area contributed by atoms with Crippen LogP contribution >= 0.6 is 11.3 Å². The highest BCUT2D eigenvalue weighted by atomic mass is 32.2. The maximum atomic E-state index is 11.8. The lowest BCUT2D eigenvalue weighted by Crippen LogP contribution is -2.32. The van der Waals surface area contributed by atoms with Gasteiger partial charge in [0.15, 0.2) is 0 Å². The van der Waals surface area contributed by atoms with Crippen LogP contribution in [0.15, 0.2) is 0 Å². The van der Waals surface area contributed by atoms with E-state index in [9.17, 15) is 13.2 Å². The number of carbonyl (C=O) groups excluding carboxylic acids is 1. The Morgan fingerprint density at radius 2 is 2.06 bits per heavy atom. The number of primary sulfonamides is 1. The zero-order valence-corrected chi connectivity index (χ0v) is 11.1. The van der Waals surface area contributed by atoms with Gasteiger partial charge in [0.2, 0.25) is 21.1 Å². The van der Waals surface area contributed by atoms with E-state index in [4.69, 9.17) is 5.14 Å². The second-order valence-electron chi connectivity index (χ2n) is 4.62. The third-order valence-corrected chi connectivity index (χ3v) is 5.50. The summed E-state index contributed by atoms with van der Waals surface area (Å²) in [5.74, 6) is 0.218. The van der Waals surface area contributed by atoms with Crippen LogP contribution in [0.4, 0.5) is 5.13 Å². The summed E-state index contributed by atoms with van der Waals surface area (Å²) in [4.78, 5) is 13.1. The molecule has 2 heterocycles. The number of carbonyl (C=O) groups is 1. The summed E-state index contributed by atoms with van der Waals surface area (Å²) in [5.41, 5.74) is 0. The third-order valence-electron chi connectivity index (χ3n) is 3.14. The van der Waals surface area contributed by atoms with Crippen LogP contribution in [-0.2, 0) is 14.8 Å². The van der Waals surface area contributed by atoms with Crippen LogP contribution in [0, 0.1) is 0 Å². The van der Waals surface area contributed by atoms with E-state index in [0.29, 0.717) is 11.0 Å². The number of anilines is 1. The molecule has 1 aliphatic carbocycles. The van der Waals surface area contributed by atoms with Crippen molar-refractivity contribution in [2.75, 3.05) is 11.4 Å². The summed E-state index contributed by atoms with van der Waals surface area (Å²) >= 11 is 1.36. The Morgan fingerprint density at radius 1 is 1.33 bits per heavy atom. The van der Waals surface area contributed by atoms with Crippen molar-refractivity contribution in [1.29, 1.82) is 0 Å². The fourth-order valence-corrected chi connectivity index (χ4v) is 3.68. The van der Waals surface area contributed by atoms with E-state index in [-0.39, 0.29) is 18.9 Å². The molecule has 0 radical (unpaired) electrons. The van der Waals surface area contributed by atoms with E-state index in [1.807, 2.05) is 0 Å². The number of nitrogens with two attached hydrogens (primary N) is 1. The quantitative estimate of drug-likeness (QED) is 0.829. The van der Waals surface area contributed by atoms with Crippen molar-refractivity contribution in [3.8, 4) is 0 Å². The molecule has 1 saturated carbocycles. The highest BCUT2D eigenvalue weighted by Crippen LogP contribution is 2.43. The zero-order valence-electron chi connectivity index (χ0n) is 9.44.